The van der Waals surface area contributed by atoms with E-state index in [4.69, 9.17) is 28.3 Å². The van der Waals surface area contributed by atoms with E-state index in [1.807, 2.05) is 18.2 Å². The average molecular weight is 468 g/mol. The van der Waals surface area contributed by atoms with Crippen molar-refractivity contribution in [3.05, 3.63) is 73.5 Å². The molecule has 0 radical (unpaired) electrons. The molecule has 0 aliphatic heterocycles. The third kappa shape index (κ3) is 3.50. The van der Waals surface area contributed by atoms with Gasteiger partial charge in [0.2, 0.25) is 10.0 Å². The molecule has 28 heavy (non-hydrogen) atoms. The zero-order valence-electron chi connectivity index (χ0n) is 14.0. The fourth-order valence-corrected chi connectivity index (χ4v) is 6.08. The molecule has 4 rings (SSSR count). The molecule has 0 aliphatic rings. The Kier molecular flexibility index (Phi) is 5.07. The fraction of sp³-hybridized carbons (Fsp3) is 0. The molecule has 0 unspecified atom stereocenters. The lowest BCUT2D eigenvalue weighted by atomic mass is 10.0. The van der Waals surface area contributed by atoms with Gasteiger partial charge in [0.05, 0.1) is 14.8 Å². The van der Waals surface area contributed by atoms with Crippen molar-refractivity contribution in [2.24, 2.45) is 5.14 Å². The first-order valence-electron chi connectivity index (χ1n) is 7.90. The quantitative estimate of drug-likeness (QED) is 0.425. The predicted molar refractivity (Wildman–Crippen MR) is 118 cm³/mol. The smallest absolute Gasteiger partial charge is 0.238 e. The van der Waals surface area contributed by atoms with Crippen LogP contribution in [0.4, 0.5) is 0 Å². The van der Waals surface area contributed by atoms with Crippen molar-refractivity contribution in [1.29, 1.82) is 0 Å². The third-order valence-corrected chi connectivity index (χ3v) is 7.81. The highest BCUT2D eigenvalue weighted by molar-refractivity contribution is 7.89. The van der Waals surface area contributed by atoms with Gasteiger partial charge in [-0.05, 0) is 35.9 Å². The number of hydrogen-bond acceptors (Lipinski definition) is 5. The second-order valence-corrected chi connectivity index (χ2v) is 10.8. The van der Waals surface area contributed by atoms with Crippen LogP contribution in [0.25, 0.3) is 31.7 Å². The summed E-state index contributed by atoms with van der Waals surface area (Å²) in [6.45, 7) is 0. The fourth-order valence-electron chi connectivity index (χ4n) is 2.90. The van der Waals surface area contributed by atoms with Crippen LogP contribution >= 0.6 is 45.9 Å². The van der Waals surface area contributed by atoms with Crippen LogP contribution in [0.15, 0.2) is 64.3 Å². The van der Waals surface area contributed by atoms with Gasteiger partial charge < -0.3 is 0 Å². The number of halogens is 2. The van der Waals surface area contributed by atoms with E-state index in [9.17, 15) is 13.2 Å². The third-order valence-electron chi connectivity index (χ3n) is 4.17. The minimum Gasteiger partial charge on any atom is -0.288 e. The first-order chi connectivity index (χ1) is 13.3. The van der Waals surface area contributed by atoms with Crippen molar-refractivity contribution >= 4 is 66.0 Å². The summed E-state index contributed by atoms with van der Waals surface area (Å²) in [4.78, 5) is 14.0. The van der Waals surface area contributed by atoms with E-state index in [1.54, 1.807) is 24.3 Å². The van der Waals surface area contributed by atoms with Crippen LogP contribution in [0.3, 0.4) is 0 Å². The minimum absolute atomic E-state index is 0.00236. The SMILES string of the molecule is NS(=O)(=O)c1ccc(-c2sc3ccccc3c(=O)c2-c2cc(Cl)sc2Cl)cc1. The zero-order valence-corrected chi connectivity index (χ0v) is 17.9. The minimum atomic E-state index is -3.81. The lowest BCUT2D eigenvalue weighted by Crippen LogP contribution is -2.11. The standard InChI is InChI=1S/C19H11Cl2NO3S3/c20-15-9-13(19(21)27-15)16-17(23)12-3-1-2-4-14(12)26-18(16)10-5-7-11(8-6-10)28(22,24)25/h1-9H,(H2,22,24,25). The van der Waals surface area contributed by atoms with Crippen LogP contribution in [0.2, 0.25) is 8.67 Å². The maximum Gasteiger partial charge on any atom is 0.238 e. The van der Waals surface area contributed by atoms with Gasteiger partial charge in [-0.2, -0.15) is 0 Å². The Hall–Kier alpha value is -1.74. The number of benzene rings is 2. The molecule has 2 N–H and O–H groups in total. The highest BCUT2D eigenvalue weighted by atomic mass is 35.5. The number of rotatable bonds is 3. The molecule has 0 atom stereocenters. The van der Waals surface area contributed by atoms with Crippen molar-refractivity contribution < 1.29 is 8.42 Å². The second kappa shape index (κ2) is 7.26. The van der Waals surface area contributed by atoms with E-state index in [2.05, 4.69) is 0 Å². The van der Waals surface area contributed by atoms with Gasteiger partial charge in [-0.3, -0.25) is 4.79 Å². The lowest BCUT2D eigenvalue weighted by Gasteiger charge is -2.11. The maximum atomic E-state index is 13.3. The molecular formula is C19H11Cl2NO3S3. The Morgan fingerprint density at radius 1 is 0.929 bits per heavy atom. The van der Waals surface area contributed by atoms with Crippen LogP contribution in [0, 0.1) is 0 Å². The van der Waals surface area contributed by atoms with E-state index < -0.39 is 10.0 Å². The number of nitrogens with two attached hydrogens (primary N) is 1. The molecule has 9 heteroatoms. The summed E-state index contributed by atoms with van der Waals surface area (Å²) in [5, 5.41) is 5.77. The molecule has 2 aromatic heterocycles. The Balaban J connectivity index is 2.06. The van der Waals surface area contributed by atoms with Crippen LogP contribution in [0.5, 0.6) is 0 Å². The van der Waals surface area contributed by atoms with Crippen LogP contribution in [0.1, 0.15) is 0 Å². The van der Waals surface area contributed by atoms with Crippen molar-refractivity contribution in [2.75, 3.05) is 0 Å². The maximum absolute atomic E-state index is 13.3. The van der Waals surface area contributed by atoms with Crippen molar-refractivity contribution in [3.63, 3.8) is 0 Å². The summed E-state index contributed by atoms with van der Waals surface area (Å²) in [5.74, 6) is 0. The number of hydrogen-bond donors (Lipinski definition) is 1. The molecule has 2 aromatic carbocycles. The van der Waals surface area contributed by atoms with Crippen LogP contribution in [-0.2, 0) is 10.0 Å². The average Bonchev–Trinajstić information content (AvgIpc) is 2.99. The van der Waals surface area contributed by atoms with Gasteiger partial charge in [0.1, 0.15) is 4.34 Å². The molecule has 4 aromatic rings. The highest BCUT2D eigenvalue weighted by Gasteiger charge is 2.20. The zero-order chi connectivity index (χ0) is 20.1. The largest absolute Gasteiger partial charge is 0.288 e. The van der Waals surface area contributed by atoms with E-state index in [0.29, 0.717) is 35.6 Å². The van der Waals surface area contributed by atoms with Gasteiger partial charge in [-0.1, -0.05) is 47.5 Å². The Morgan fingerprint density at radius 3 is 2.21 bits per heavy atom. The van der Waals surface area contributed by atoms with Crippen LogP contribution < -0.4 is 10.6 Å². The highest BCUT2D eigenvalue weighted by Crippen LogP contribution is 2.43. The summed E-state index contributed by atoms with van der Waals surface area (Å²) in [7, 11) is -3.81. The Bertz CT molecular complexity index is 1370. The van der Waals surface area contributed by atoms with Gasteiger partial charge in [-0.25, -0.2) is 13.6 Å². The Labute approximate surface area is 178 Å². The van der Waals surface area contributed by atoms with Crippen molar-refractivity contribution in [3.8, 4) is 21.6 Å². The summed E-state index contributed by atoms with van der Waals surface area (Å²) in [5.41, 5.74) is 1.54. The van der Waals surface area contributed by atoms with Gasteiger partial charge >= 0.3 is 0 Å². The molecule has 0 amide bonds. The molecule has 142 valence electrons. The summed E-state index contributed by atoms with van der Waals surface area (Å²) < 4.78 is 24.8. The van der Waals surface area contributed by atoms with Gasteiger partial charge in [0, 0.05) is 20.5 Å². The van der Waals surface area contributed by atoms with E-state index >= 15 is 0 Å². The molecule has 2 heterocycles. The molecule has 0 saturated carbocycles. The van der Waals surface area contributed by atoms with E-state index in [0.717, 1.165) is 4.70 Å². The van der Waals surface area contributed by atoms with Crippen molar-refractivity contribution in [1.82, 2.24) is 0 Å². The topological polar surface area (TPSA) is 77.2 Å². The monoisotopic (exact) mass is 467 g/mol. The first-order valence-corrected chi connectivity index (χ1v) is 11.8. The molecule has 0 fully saturated rings. The number of fused-ring (bicyclic) bond motifs is 1. The molecular weight excluding hydrogens is 457 g/mol. The van der Waals surface area contributed by atoms with Gasteiger partial charge in [-0.15, -0.1) is 22.7 Å². The molecule has 0 bridgehead atoms. The van der Waals surface area contributed by atoms with Gasteiger partial charge in [0.25, 0.3) is 0 Å². The molecule has 0 saturated heterocycles. The van der Waals surface area contributed by atoms with Gasteiger partial charge in [0.15, 0.2) is 5.43 Å². The normalized spacial score (nSPS) is 11.8. The number of sulfonamides is 1. The van der Waals surface area contributed by atoms with Crippen LogP contribution in [-0.4, -0.2) is 8.42 Å². The lowest BCUT2D eigenvalue weighted by molar-refractivity contribution is 0.598. The second-order valence-electron chi connectivity index (χ2n) is 5.94. The first kappa shape index (κ1) is 19.6. The Morgan fingerprint density at radius 2 is 1.61 bits per heavy atom. The molecule has 4 nitrogen and oxygen atoms in total. The predicted octanol–water partition coefficient (Wildman–Crippen LogP) is 5.61. The number of primary sulfonamides is 1. The summed E-state index contributed by atoms with van der Waals surface area (Å²) in [6, 6.07) is 15.1. The van der Waals surface area contributed by atoms with E-state index in [-0.39, 0.29) is 10.3 Å². The van der Waals surface area contributed by atoms with E-state index in [1.165, 1.54) is 34.8 Å². The molecule has 0 spiro atoms. The van der Waals surface area contributed by atoms with Crippen molar-refractivity contribution in [2.45, 2.75) is 4.90 Å². The summed E-state index contributed by atoms with van der Waals surface area (Å²) in [6.07, 6.45) is 0. The summed E-state index contributed by atoms with van der Waals surface area (Å²) >= 11 is 15.1. The molecule has 0 aliphatic carbocycles. The number of thiophene rings is 1.